The number of aromatic nitrogens is 2. The van der Waals surface area contributed by atoms with Gasteiger partial charge in [0.1, 0.15) is 0 Å². The predicted octanol–water partition coefficient (Wildman–Crippen LogP) is 3.37. The number of nitrogens with one attached hydrogen (secondary N) is 1. The van der Waals surface area contributed by atoms with E-state index in [1.54, 1.807) is 24.7 Å². The standard InChI is InChI=1S/C12H10N3O.C4H5Cl.In/c16-9-11-4-2-6-14-12(11)15-8-10-3-1-5-13-7-10;1-2-3-4-5;/h1-7H,8H2,(H,14,15);3H,1-2H2;. The molecule has 1 N–H and O–H groups in total. The number of allylic oxidation sites excluding steroid dienone is 1. The van der Waals surface area contributed by atoms with Crippen molar-refractivity contribution in [2.45, 2.75) is 17.1 Å². The first-order chi connectivity index (χ1) is 10.8. The van der Waals surface area contributed by atoms with Crippen molar-refractivity contribution in [2.24, 2.45) is 0 Å². The van der Waals surface area contributed by atoms with Crippen molar-refractivity contribution >= 4 is 42.4 Å². The fraction of sp³-hybridized carbons (Fsp3) is 0.188. The zero-order valence-corrected chi connectivity index (χ0v) is 16.0. The number of carbonyl (C=O) groups is 1. The van der Waals surface area contributed by atoms with E-state index in [0.717, 1.165) is 19.0 Å². The third kappa shape index (κ3) is 3.52. The monoisotopic (exact) mass is 415 g/mol. The van der Waals surface area contributed by atoms with Crippen LogP contribution in [0.15, 0.2) is 51.7 Å². The Bertz CT molecular complexity index is 706. The van der Waals surface area contributed by atoms with Crippen molar-refractivity contribution in [2.75, 3.05) is 5.32 Å². The van der Waals surface area contributed by atoms with Crippen molar-refractivity contribution in [1.29, 1.82) is 0 Å². The van der Waals surface area contributed by atoms with Gasteiger partial charge >= 0.3 is 142 Å². The summed E-state index contributed by atoms with van der Waals surface area (Å²) in [6.45, 7) is 0.592. The van der Waals surface area contributed by atoms with Crippen molar-refractivity contribution < 1.29 is 4.79 Å². The molecule has 1 aliphatic rings. The fourth-order valence-corrected chi connectivity index (χ4v) is 10.8. The van der Waals surface area contributed by atoms with Gasteiger partial charge in [0.2, 0.25) is 0 Å². The molecule has 0 saturated heterocycles. The second kappa shape index (κ2) is 7.29. The third-order valence-corrected chi connectivity index (χ3v) is 13.5. The number of nitrogens with zero attached hydrogens (tertiary/aromatic N) is 2. The topological polar surface area (TPSA) is 54.9 Å². The molecule has 0 unspecified atom stereocenters. The molecule has 0 aromatic carbocycles. The van der Waals surface area contributed by atoms with E-state index >= 15 is 0 Å². The van der Waals surface area contributed by atoms with Crippen LogP contribution in [-0.2, 0) is 6.54 Å². The van der Waals surface area contributed by atoms with Crippen molar-refractivity contribution in [3.63, 3.8) is 0 Å². The molecule has 1 aliphatic heterocycles. The minimum absolute atomic E-state index is 0.238. The summed E-state index contributed by atoms with van der Waals surface area (Å²) in [7, 11) is 0. The first-order valence-corrected chi connectivity index (χ1v) is 13.2. The van der Waals surface area contributed by atoms with Gasteiger partial charge in [-0.1, -0.05) is 0 Å². The van der Waals surface area contributed by atoms with Crippen LogP contribution in [0, 0.1) is 0 Å². The molecule has 0 atom stereocenters. The molecule has 0 saturated carbocycles. The molecule has 22 heavy (non-hydrogen) atoms. The first-order valence-electron chi connectivity index (χ1n) is 7.23. The van der Waals surface area contributed by atoms with E-state index in [0.29, 0.717) is 17.9 Å². The number of hydrogen-bond donors (Lipinski definition) is 1. The summed E-state index contributed by atoms with van der Waals surface area (Å²) < 4.78 is 2.08. The number of halogens is 1. The van der Waals surface area contributed by atoms with Crippen LogP contribution in [0.5, 0.6) is 0 Å². The molecular weight excluding hydrogens is 400 g/mol. The summed E-state index contributed by atoms with van der Waals surface area (Å²) in [5.74, 6) is 0.643. The molecule has 110 valence electrons. The maximum atomic E-state index is 12.8. The van der Waals surface area contributed by atoms with Gasteiger partial charge in [-0.25, -0.2) is 0 Å². The van der Waals surface area contributed by atoms with Gasteiger partial charge in [0, 0.05) is 0 Å². The second-order valence-electron chi connectivity index (χ2n) is 5.20. The third-order valence-electron chi connectivity index (χ3n) is 3.70. The summed E-state index contributed by atoms with van der Waals surface area (Å²) in [6.07, 6.45) is 8.20. The van der Waals surface area contributed by atoms with Gasteiger partial charge < -0.3 is 0 Å². The van der Waals surface area contributed by atoms with Crippen molar-refractivity contribution in [3.8, 4) is 0 Å². The minimum atomic E-state index is -2.49. The van der Waals surface area contributed by atoms with Gasteiger partial charge in [0.25, 0.3) is 0 Å². The Morgan fingerprint density at radius 1 is 1.32 bits per heavy atom. The number of anilines is 1. The van der Waals surface area contributed by atoms with Crippen LogP contribution in [0.4, 0.5) is 5.82 Å². The normalized spacial score (nSPS) is 13.9. The Kier molecular flexibility index (Phi) is 5.16. The molecule has 2 aromatic heterocycles. The van der Waals surface area contributed by atoms with Crippen LogP contribution in [-0.4, -0.2) is 34.9 Å². The van der Waals surface area contributed by atoms with E-state index in [4.69, 9.17) is 11.6 Å². The molecule has 6 heteroatoms. The van der Waals surface area contributed by atoms with E-state index < -0.39 is 21.4 Å². The number of rotatable bonds is 5. The van der Waals surface area contributed by atoms with Gasteiger partial charge in [-0.2, -0.15) is 0 Å². The average molecular weight is 416 g/mol. The molecule has 0 amide bonds. The Labute approximate surface area is 142 Å². The van der Waals surface area contributed by atoms with E-state index in [1.807, 2.05) is 24.3 Å². The van der Waals surface area contributed by atoms with Gasteiger partial charge in [0.05, 0.1) is 0 Å². The van der Waals surface area contributed by atoms with Gasteiger partial charge in [-0.05, 0) is 0 Å². The molecule has 0 aliphatic carbocycles. The van der Waals surface area contributed by atoms with Gasteiger partial charge in [-0.3, -0.25) is 0 Å². The van der Waals surface area contributed by atoms with Crippen LogP contribution in [0.25, 0.3) is 0 Å². The van der Waals surface area contributed by atoms with E-state index in [2.05, 4.69) is 15.3 Å². The van der Waals surface area contributed by atoms with Crippen LogP contribution < -0.4 is 5.32 Å². The summed E-state index contributed by atoms with van der Waals surface area (Å²) in [5, 5.41) is 3.25. The van der Waals surface area contributed by atoms with E-state index in [-0.39, 0.29) is 3.54 Å². The summed E-state index contributed by atoms with van der Waals surface area (Å²) >= 11 is 3.74. The van der Waals surface area contributed by atoms with E-state index in [1.165, 1.54) is 0 Å². The van der Waals surface area contributed by atoms with Crippen LogP contribution in [0.1, 0.15) is 22.3 Å². The molecule has 3 heterocycles. The zero-order chi connectivity index (χ0) is 15.4. The first kappa shape index (κ1) is 15.6. The van der Waals surface area contributed by atoms with Gasteiger partial charge in [0.15, 0.2) is 0 Å². The van der Waals surface area contributed by atoms with Crippen LogP contribution in [0.2, 0.25) is 4.18 Å². The SMILES string of the molecule is O=[C](c1cccnc1NCc1cccnc1)[In]1[CH2]CC=[C]1Cl. The summed E-state index contributed by atoms with van der Waals surface area (Å²) in [5.41, 5.74) is 1.73. The Balaban J connectivity index is 1.78. The Hall–Kier alpha value is -1.33. The number of carbonyl (C=O) groups excluding carboxylic acids is 1. The predicted molar refractivity (Wildman–Crippen MR) is 89.2 cm³/mol. The van der Waals surface area contributed by atoms with Crippen molar-refractivity contribution in [1.82, 2.24) is 9.97 Å². The molecule has 3 rings (SSSR count). The maximum absolute atomic E-state index is 12.8. The summed E-state index contributed by atoms with van der Waals surface area (Å²) in [4.78, 5) is 21.2. The number of pyridine rings is 2. The van der Waals surface area contributed by atoms with E-state index in [9.17, 15) is 4.79 Å². The van der Waals surface area contributed by atoms with Crippen LogP contribution >= 0.6 is 11.6 Å². The number of hydrogen-bond acceptors (Lipinski definition) is 4. The quantitative estimate of drug-likeness (QED) is 0.814. The molecule has 0 bridgehead atoms. The molecule has 2 aromatic rings. The Morgan fingerprint density at radius 3 is 2.91 bits per heavy atom. The molecule has 4 nitrogen and oxygen atoms in total. The summed E-state index contributed by atoms with van der Waals surface area (Å²) in [6, 6.07) is 7.53. The molecule has 0 spiro atoms. The average Bonchev–Trinajstić information content (AvgIpc) is 2.99. The molecule has 0 radical (unpaired) electrons. The Morgan fingerprint density at radius 2 is 2.18 bits per heavy atom. The molecule has 0 fully saturated rings. The zero-order valence-electron chi connectivity index (χ0n) is 12.0. The molecular formula is C16H15ClInN3O. The van der Waals surface area contributed by atoms with Crippen molar-refractivity contribution in [3.05, 3.63) is 62.8 Å². The van der Waals surface area contributed by atoms with Crippen LogP contribution in [0.3, 0.4) is 0 Å². The fourth-order valence-electron chi connectivity index (χ4n) is 2.55. The van der Waals surface area contributed by atoms with Gasteiger partial charge in [-0.15, -0.1) is 0 Å². The second-order valence-corrected chi connectivity index (χ2v) is 14.8.